The number of carbonyl (C=O) groups excluding carboxylic acids is 2. The van der Waals surface area contributed by atoms with Crippen molar-refractivity contribution in [3.05, 3.63) is 29.3 Å². The monoisotopic (exact) mass is 352 g/mol. The van der Waals surface area contributed by atoms with Crippen LogP contribution in [0.5, 0.6) is 5.75 Å². The van der Waals surface area contributed by atoms with E-state index >= 15 is 0 Å². The van der Waals surface area contributed by atoms with E-state index in [0.29, 0.717) is 12.1 Å². The number of nitrogens with one attached hydrogen (secondary N) is 1. The average Bonchev–Trinajstić information content (AvgIpc) is 2.43. The number of primary amides is 1. The molecule has 10 heteroatoms. The number of rotatable bonds is 6. The minimum atomic E-state index is -4.70. The zero-order valence-corrected chi connectivity index (χ0v) is 13.1. The largest absolute Gasteiger partial charge is 0.480 e. The molecule has 23 heavy (non-hydrogen) atoms. The fourth-order valence-corrected chi connectivity index (χ4v) is 1.78. The van der Waals surface area contributed by atoms with Gasteiger partial charge in [-0.2, -0.15) is 13.2 Å². The van der Waals surface area contributed by atoms with Gasteiger partial charge >= 0.3 is 6.18 Å². The Morgan fingerprint density at radius 1 is 1.35 bits per heavy atom. The first-order valence-electron chi connectivity index (χ1n) is 6.26. The van der Waals surface area contributed by atoms with Gasteiger partial charge in [0.25, 0.3) is 5.91 Å². The molecule has 0 bridgehead atoms. The second kappa shape index (κ2) is 7.44. The maximum Gasteiger partial charge on any atom is 0.416 e. The lowest BCUT2D eigenvalue weighted by Crippen LogP contribution is -2.42. The van der Waals surface area contributed by atoms with Crippen LogP contribution in [-0.4, -0.2) is 34.3 Å². The number of hydrogen-bond donors (Lipinski definition) is 2. The van der Waals surface area contributed by atoms with Crippen molar-refractivity contribution in [1.82, 2.24) is 5.32 Å². The molecule has 0 saturated carbocycles. The molecule has 1 aromatic carbocycles. The summed E-state index contributed by atoms with van der Waals surface area (Å²) in [6, 6.07) is 1.33. The van der Waals surface area contributed by atoms with Crippen LogP contribution in [0, 0.1) is 0 Å². The second-order valence-electron chi connectivity index (χ2n) is 4.68. The minimum absolute atomic E-state index is 0.257. The average molecular weight is 352 g/mol. The highest BCUT2D eigenvalue weighted by atomic mass is 32.2. The Bertz CT molecular complexity index is 634. The molecule has 0 saturated heterocycles. The van der Waals surface area contributed by atoms with E-state index in [4.69, 9.17) is 10.5 Å². The van der Waals surface area contributed by atoms with E-state index in [9.17, 15) is 27.0 Å². The quantitative estimate of drug-likeness (QED) is 0.799. The van der Waals surface area contributed by atoms with Crippen molar-refractivity contribution in [2.24, 2.45) is 5.73 Å². The van der Waals surface area contributed by atoms with Gasteiger partial charge in [-0.1, -0.05) is 0 Å². The maximum absolute atomic E-state index is 12.9. The zero-order chi connectivity index (χ0) is 17.8. The Morgan fingerprint density at radius 3 is 2.43 bits per heavy atom. The van der Waals surface area contributed by atoms with Crippen molar-refractivity contribution in [2.45, 2.75) is 19.1 Å². The Morgan fingerprint density at radius 2 is 1.96 bits per heavy atom. The van der Waals surface area contributed by atoms with Gasteiger partial charge in [0.05, 0.1) is 16.4 Å². The maximum atomic E-state index is 12.9. The lowest BCUT2D eigenvalue weighted by atomic mass is 10.1. The van der Waals surface area contributed by atoms with Crippen LogP contribution in [-0.2, 0) is 21.8 Å². The third kappa shape index (κ3) is 5.89. The van der Waals surface area contributed by atoms with Crippen LogP contribution in [0.25, 0.3) is 0 Å². The summed E-state index contributed by atoms with van der Waals surface area (Å²) in [7, 11) is -1.39. The van der Waals surface area contributed by atoms with E-state index in [1.165, 1.54) is 13.2 Å². The van der Waals surface area contributed by atoms with E-state index in [0.717, 1.165) is 6.07 Å². The third-order valence-electron chi connectivity index (χ3n) is 2.66. The van der Waals surface area contributed by atoms with Crippen LogP contribution in [0.2, 0.25) is 0 Å². The van der Waals surface area contributed by atoms with Gasteiger partial charge in [-0.15, -0.1) is 0 Å². The van der Waals surface area contributed by atoms with Crippen molar-refractivity contribution in [3.63, 3.8) is 0 Å². The summed E-state index contributed by atoms with van der Waals surface area (Å²) in [6.07, 6.45) is -3.38. The summed E-state index contributed by atoms with van der Waals surface area (Å²) in [5.74, 6) is -2.32. The first-order valence-corrected chi connectivity index (χ1v) is 7.98. The molecule has 3 N–H and O–H groups in total. The Labute approximate surface area is 132 Å². The molecule has 0 fully saturated rings. The smallest absolute Gasteiger partial charge is 0.416 e. The highest BCUT2D eigenvalue weighted by Gasteiger charge is 2.32. The molecule has 0 radical (unpaired) electrons. The van der Waals surface area contributed by atoms with Gasteiger partial charge in [-0.25, -0.2) is 0 Å². The Hall–Kier alpha value is -2.10. The van der Waals surface area contributed by atoms with E-state index in [2.05, 4.69) is 5.32 Å². The van der Waals surface area contributed by atoms with Crippen molar-refractivity contribution >= 4 is 22.6 Å². The highest BCUT2D eigenvalue weighted by Crippen LogP contribution is 2.32. The van der Waals surface area contributed by atoms with Gasteiger partial charge in [0.15, 0.2) is 5.94 Å². The summed E-state index contributed by atoms with van der Waals surface area (Å²) in [5, 5.41) is 2.17. The number of ether oxygens (including phenoxy) is 1. The normalized spacial score (nSPS) is 14.0. The molecular weight excluding hydrogens is 337 g/mol. The fraction of sp³-hybridized carbons (Fsp3) is 0.385. The van der Waals surface area contributed by atoms with E-state index in [1.54, 1.807) is 0 Å². The minimum Gasteiger partial charge on any atom is -0.480 e. The predicted octanol–water partition coefficient (Wildman–Crippen LogP) is 1.02. The molecule has 1 aromatic rings. The fourth-order valence-electron chi connectivity index (χ4n) is 1.48. The van der Waals surface area contributed by atoms with Gasteiger partial charge in [-0.3, -0.25) is 13.8 Å². The number of carbonyl (C=O) groups is 2. The van der Waals surface area contributed by atoms with Crippen molar-refractivity contribution < 1.29 is 31.7 Å². The Balaban J connectivity index is 3.14. The van der Waals surface area contributed by atoms with Crippen LogP contribution in [0.15, 0.2) is 18.2 Å². The van der Waals surface area contributed by atoms with Gasteiger partial charge < -0.3 is 15.8 Å². The summed E-state index contributed by atoms with van der Waals surface area (Å²) >= 11 is 0. The highest BCUT2D eigenvalue weighted by molar-refractivity contribution is 7.84. The molecule has 6 nitrogen and oxygen atoms in total. The van der Waals surface area contributed by atoms with E-state index < -0.39 is 40.4 Å². The van der Waals surface area contributed by atoms with Gasteiger partial charge in [-0.05, 0) is 25.1 Å². The van der Waals surface area contributed by atoms with E-state index in [1.807, 2.05) is 0 Å². The lowest BCUT2D eigenvalue weighted by molar-refractivity contribution is -0.137. The molecule has 2 amide bonds. The van der Waals surface area contributed by atoms with Gasteiger partial charge in [0.1, 0.15) is 11.8 Å². The second-order valence-corrected chi connectivity index (χ2v) is 6.06. The molecule has 0 aromatic heterocycles. The van der Waals surface area contributed by atoms with Crippen LogP contribution in [0.3, 0.4) is 0 Å². The van der Waals surface area contributed by atoms with Gasteiger partial charge in [0, 0.05) is 11.8 Å². The summed E-state index contributed by atoms with van der Waals surface area (Å²) < 4.78 is 54.6. The number of nitrogens with two attached hydrogens (primary N) is 1. The van der Waals surface area contributed by atoms with Crippen LogP contribution < -0.4 is 15.8 Å². The van der Waals surface area contributed by atoms with Crippen molar-refractivity contribution in [1.29, 1.82) is 0 Å². The Kier molecular flexibility index (Phi) is 6.13. The number of benzene rings is 1. The molecule has 0 heterocycles. The zero-order valence-electron chi connectivity index (χ0n) is 12.3. The van der Waals surface area contributed by atoms with Gasteiger partial charge in [0.2, 0.25) is 5.91 Å². The predicted molar refractivity (Wildman–Crippen MR) is 77.1 cm³/mol. The molecule has 0 aliphatic rings. The van der Waals surface area contributed by atoms with Crippen molar-refractivity contribution in [2.75, 3.05) is 12.2 Å². The van der Waals surface area contributed by atoms with Crippen molar-refractivity contribution in [3.8, 4) is 5.75 Å². The number of amides is 2. The molecule has 0 aliphatic carbocycles. The molecule has 1 rings (SSSR count). The molecular formula is C13H15F3N2O4S. The first-order chi connectivity index (χ1) is 10.5. The molecule has 0 spiro atoms. The SMILES string of the molecule is CC(NC(=O)c1cc(OCS(C)=O)cc(C(F)(F)F)c1)C(N)=O. The third-order valence-corrected chi connectivity index (χ3v) is 3.11. The molecule has 128 valence electrons. The van der Waals surface area contributed by atoms with Crippen LogP contribution in [0.1, 0.15) is 22.8 Å². The number of alkyl halides is 3. The lowest BCUT2D eigenvalue weighted by Gasteiger charge is -2.14. The number of hydrogen-bond acceptors (Lipinski definition) is 4. The standard InChI is InChI=1S/C13H15F3N2O4S/c1-7(11(17)19)18-12(20)8-3-9(13(14,15)16)5-10(4-8)22-6-23(2)21/h3-5,7H,6H2,1-2H3,(H2,17,19)(H,18,20). The summed E-state index contributed by atoms with van der Waals surface area (Å²) in [6.45, 7) is 1.30. The van der Waals surface area contributed by atoms with Crippen LogP contribution in [0.4, 0.5) is 13.2 Å². The number of halogens is 3. The van der Waals surface area contributed by atoms with E-state index in [-0.39, 0.29) is 17.3 Å². The molecule has 2 atom stereocenters. The molecule has 2 unspecified atom stereocenters. The summed E-state index contributed by atoms with van der Waals surface area (Å²) in [4.78, 5) is 22.8. The first kappa shape index (κ1) is 18.9. The molecule has 0 aliphatic heterocycles. The summed E-state index contributed by atoms with van der Waals surface area (Å²) in [5.41, 5.74) is 3.52. The topological polar surface area (TPSA) is 98.5 Å². The van der Waals surface area contributed by atoms with Crippen LogP contribution >= 0.6 is 0 Å².